The summed E-state index contributed by atoms with van der Waals surface area (Å²) in [6.45, 7) is 0.667. The average Bonchev–Trinajstić information content (AvgIpc) is 2.60. The number of rotatable bonds is 5. The first-order valence-corrected chi connectivity index (χ1v) is 8.69. The van der Waals surface area contributed by atoms with Crippen LogP contribution in [0.4, 0.5) is 0 Å². The lowest BCUT2D eigenvalue weighted by Gasteiger charge is -2.28. The molecule has 1 aliphatic carbocycles. The van der Waals surface area contributed by atoms with E-state index in [0.717, 1.165) is 0 Å². The molecule has 1 aliphatic rings. The van der Waals surface area contributed by atoms with Crippen LogP contribution in [-0.2, 0) is 9.84 Å². The van der Waals surface area contributed by atoms with Gasteiger partial charge in [-0.15, -0.1) is 0 Å². The summed E-state index contributed by atoms with van der Waals surface area (Å²) in [5.41, 5.74) is 0. The highest BCUT2D eigenvalue weighted by Gasteiger charge is 2.29. The third kappa shape index (κ3) is 4.33. The van der Waals surface area contributed by atoms with Crippen LogP contribution in [0.5, 0.6) is 0 Å². The Kier molecular flexibility index (Phi) is 4.93. The topological polar surface area (TPSA) is 37.4 Å². The Labute approximate surface area is 97.5 Å². The third-order valence-corrected chi connectivity index (χ3v) is 5.18. The molecule has 2 atom stereocenters. The molecule has 0 heterocycles. The van der Waals surface area contributed by atoms with E-state index in [1.54, 1.807) is 0 Å². The monoisotopic (exact) mass is 251 g/mol. The van der Waals surface area contributed by atoms with E-state index in [9.17, 15) is 8.42 Å². The van der Waals surface area contributed by atoms with Crippen LogP contribution in [-0.4, -0.2) is 56.5 Å². The zero-order valence-electron chi connectivity index (χ0n) is 9.77. The lowest BCUT2D eigenvalue weighted by molar-refractivity contribution is 0.264. The first-order valence-electron chi connectivity index (χ1n) is 5.35. The van der Waals surface area contributed by atoms with Crippen molar-refractivity contribution >= 4 is 21.6 Å². The fraction of sp³-hybridized carbons (Fsp3) is 1.00. The summed E-state index contributed by atoms with van der Waals surface area (Å²) in [6, 6.07) is 0.571. The summed E-state index contributed by atoms with van der Waals surface area (Å²) >= 11 is 1.91. The van der Waals surface area contributed by atoms with E-state index in [1.165, 1.54) is 25.5 Å². The lowest BCUT2D eigenvalue weighted by Crippen LogP contribution is -2.38. The minimum absolute atomic E-state index is 0.279. The maximum Gasteiger partial charge on any atom is 0.148 e. The van der Waals surface area contributed by atoms with E-state index in [0.29, 0.717) is 17.8 Å². The van der Waals surface area contributed by atoms with Crippen molar-refractivity contribution in [3.8, 4) is 0 Å². The van der Waals surface area contributed by atoms with Crippen molar-refractivity contribution in [3.63, 3.8) is 0 Å². The highest BCUT2D eigenvalue weighted by Crippen LogP contribution is 2.31. The Bertz CT molecular complexity index is 290. The second kappa shape index (κ2) is 5.55. The van der Waals surface area contributed by atoms with E-state index >= 15 is 0 Å². The molecular formula is C10H21NO2S2. The van der Waals surface area contributed by atoms with Gasteiger partial charge in [0.15, 0.2) is 0 Å². The summed E-state index contributed by atoms with van der Waals surface area (Å²) in [7, 11) is -0.775. The number of nitrogens with zero attached hydrogens (tertiary/aromatic N) is 1. The molecule has 0 aromatic rings. The summed E-state index contributed by atoms with van der Waals surface area (Å²) < 4.78 is 22.1. The van der Waals surface area contributed by atoms with Gasteiger partial charge in [0.05, 0.1) is 5.75 Å². The number of thioether (sulfide) groups is 1. The van der Waals surface area contributed by atoms with Crippen molar-refractivity contribution in [2.24, 2.45) is 0 Å². The Hall–Kier alpha value is 0.260. The molecule has 0 aliphatic heterocycles. The highest BCUT2D eigenvalue weighted by atomic mass is 32.2. The number of hydrogen-bond donors (Lipinski definition) is 0. The predicted octanol–water partition coefficient (Wildman–Crippen LogP) is 1.25. The first kappa shape index (κ1) is 13.3. The molecule has 1 rings (SSSR count). The van der Waals surface area contributed by atoms with Crippen molar-refractivity contribution in [1.82, 2.24) is 4.90 Å². The van der Waals surface area contributed by atoms with Crippen LogP contribution in [0.1, 0.15) is 19.3 Å². The van der Waals surface area contributed by atoms with Gasteiger partial charge in [-0.05, 0) is 26.1 Å². The summed E-state index contributed by atoms with van der Waals surface area (Å²) in [5.74, 6) is 0.279. The van der Waals surface area contributed by atoms with Crippen LogP contribution in [0.3, 0.4) is 0 Å². The Balaban J connectivity index is 2.42. The van der Waals surface area contributed by atoms with E-state index in [-0.39, 0.29) is 5.75 Å². The van der Waals surface area contributed by atoms with Crippen LogP contribution in [0.2, 0.25) is 0 Å². The van der Waals surface area contributed by atoms with Crippen LogP contribution < -0.4 is 0 Å². The molecule has 1 fully saturated rings. The summed E-state index contributed by atoms with van der Waals surface area (Å²) in [6.07, 6.45) is 7.22. The minimum atomic E-state index is -2.82. The fourth-order valence-electron chi connectivity index (χ4n) is 2.16. The molecule has 0 aromatic heterocycles. The van der Waals surface area contributed by atoms with Gasteiger partial charge in [0.1, 0.15) is 9.84 Å². The molecule has 0 bridgehead atoms. The van der Waals surface area contributed by atoms with Gasteiger partial charge >= 0.3 is 0 Å². The van der Waals surface area contributed by atoms with E-state index in [2.05, 4.69) is 11.2 Å². The smallest absolute Gasteiger partial charge is 0.148 e. The Morgan fingerprint density at radius 3 is 2.60 bits per heavy atom. The normalized spacial score (nSPS) is 27.5. The molecule has 0 N–H and O–H groups in total. The molecule has 0 spiro atoms. The zero-order chi connectivity index (χ0) is 11.5. The first-order chi connectivity index (χ1) is 6.94. The molecule has 5 heteroatoms. The molecule has 3 nitrogen and oxygen atoms in total. The molecule has 1 saturated carbocycles. The van der Waals surface area contributed by atoms with Gasteiger partial charge in [-0.3, -0.25) is 0 Å². The predicted molar refractivity (Wildman–Crippen MR) is 67.3 cm³/mol. The third-order valence-electron chi connectivity index (χ3n) is 3.10. The molecular weight excluding hydrogens is 230 g/mol. The standard InChI is InChI=1S/C10H21NO2S2/c1-11(7-8-15(3,12)13)9-5-4-6-10(9)14-2/h9-10H,4-8H2,1-3H3/t9-,10+/m0/s1. The molecule has 0 unspecified atom stereocenters. The van der Waals surface area contributed by atoms with Crippen LogP contribution in [0.25, 0.3) is 0 Å². The van der Waals surface area contributed by atoms with E-state index in [4.69, 9.17) is 0 Å². The molecule has 90 valence electrons. The van der Waals surface area contributed by atoms with Crippen molar-refractivity contribution in [1.29, 1.82) is 0 Å². The number of hydrogen-bond acceptors (Lipinski definition) is 4. The molecule has 0 amide bonds. The second-order valence-corrected chi connectivity index (χ2v) is 7.72. The van der Waals surface area contributed by atoms with Gasteiger partial charge in [-0.1, -0.05) is 6.42 Å². The highest BCUT2D eigenvalue weighted by molar-refractivity contribution is 7.99. The fourth-order valence-corrected chi connectivity index (χ4v) is 3.84. The minimum Gasteiger partial charge on any atom is -0.301 e. The van der Waals surface area contributed by atoms with Gasteiger partial charge in [-0.2, -0.15) is 11.8 Å². The lowest BCUT2D eigenvalue weighted by atomic mass is 10.2. The average molecular weight is 251 g/mol. The second-order valence-electron chi connectivity index (χ2n) is 4.38. The van der Waals surface area contributed by atoms with Gasteiger partial charge in [0, 0.05) is 24.1 Å². The molecule has 0 radical (unpaired) electrons. The van der Waals surface area contributed by atoms with Gasteiger partial charge in [-0.25, -0.2) is 8.42 Å². The zero-order valence-corrected chi connectivity index (χ0v) is 11.4. The maximum atomic E-state index is 11.1. The van der Waals surface area contributed by atoms with Gasteiger partial charge < -0.3 is 4.90 Å². The summed E-state index contributed by atoms with van der Waals surface area (Å²) in [4.78, 5) is 2.22. The van der Waals surface area contributed by atoms with Crippen LogP contribution in [0, 0.1) is 0 Å². The largest absolute Gasteiger partial charge is 0.301 e. The van der Waals surface area contributed by atoms with Gasteiger partial charge in [0.2, 0.25) is 0 Å². The van der Waals surface area contributed by atoms with Crippen LogP contribution >= 0.6 is 11.8 Å². The quantitative estimate of drug-likeness (QED) is 0.737. The van der Waals surface area contributed by atoms with Crippen molar-refractivity contribution in [2.75, 3.05) is 31.9 Å². The molecule has 15 heavy (non-hydrogen) atoms. The van der Waals surface area contributed by atoms with Crippen LogP contribution in [0.15, 0.2) is 0 Å². The summed E-state index contributed by atoms with van der Waals surface area (Å²) in [5, 5.41) is 0.689. The van der Waals surface area contributed by atoms with Crippen molar-refractivity contribution in [3.05, 3.63) is 0 Å². The maximum absolute atomic E-state index is 11.1. The van der Waals surface area contributed by atoms with Crippen molar-refractivity contribution < 1.29 is 8.42 Å². The van der Waals surface area contributed by atoms with Crippen molar-refractivity contribution in [2.45, 2.75) is 30.6 Å². The van der Waals surface area contributed by atoms with E-state index < -0.39 is 9.84 Å². The Morgan fingerprint density at radius 1 is 1.40 bits per heavy atom. The SMILES string of the molecule is CS[C@@H]1CCC[C@@H]1N(C)CCS(C)(=O)=O. The molecule has 0 saturated heterocycles. The number of sulfone groups is 1. The van der Waals surface area contributed by atoms with Gasteiger partial charge in [0.25, 0.3) is 0 Å². The Morgan fingerprint density at radius 2 is 2.07 bits per heavy atom. The van der Waals surface area contributed by atoms with E-state index in [1.807, 2.05) is 18.8 Å². The molecule has 0 aromatic carbocycles.